The molecule has 2 unspecified atom stereocenters. The molecule has 2 atom stereocenters. The van der Waals surface area contributed by atoms with Crippen molar-refractivity contribution in [2.45, 2.75) is 45.7 Å². The molecular weight excluding hydrogens is 208 g/mol. The molecule has 0 radical (unpaired) electrons. The van der Waals surface area contributed by atoms with Gasteiger partial charge in [0.2, 0.25) is 0 Å². The number of rotatable bonds is 3. The topological polar surface area (TPSA) is 29.3 Å². The smallest absolute Gasteiger partial charge is 0.0417 e. The second-order valence-corrected chi connectivity index (χ2v) is 5.49. The van der Waals surface area contributed by atoms with Gasteiger partial charge in [-0.05, 0) is 37.3 Å². The lowest BCUT2D eigenvalue weighted by Gasteiger charge is -2.32. The highest BCUT2D eigenvalue weighted by atomic mass is 15.2. The molecule has 1 aliphatic heterocycles. The highest BCUT2D eigenvalue weighted by molar-refractivity contribution is 5.56. The molecule has 0 aliphatic carbocycles. The summed E-state index contributed by atoms with van der Waals surface area (Å²) in [7, 11) is 0. The van der Waals surface area contributed by atoms with E-state index in [2.05, 4.69) is 49.9 Å². The van der Waals surface area contributed by atoms with Gasteiger partial charge in [-0.25, -0.2) is 0 Å². The molecule has 1 fully saturated rings. The Balaban J connectivity index is 2.33. The van der Waals surface area contributed by atoms with Crippen LogP contribution in [0.2, 0.25) is 0 Å². The molecule has 2 nitrogen and oxygen atoms in total. The molecule has 2 rings (SSSR count). The Labute approximate surface area is 105 Å². The van der Waals surface area contributed by atoms with E-state index in [1.165, 1.54) is 30.6 Å². The van der Waals surface area contributed by atoms with E-state index in [1.807, 2.05) is 0 Å². The first-order valence-corrected chi connectivity index (χ1v) is 6.72. The van der Waals surface area contributed by atoms with E-state index in [-0.39, 0.29) is 6.04 Å². The van der Waals surface area contributed by atoms with E-state index in [0.29, 0.717) is 12.0 Å². The van der Waals surface area contributed by atoms with Crippen molar-refractivity contribution >= 4 is 5.69 Å². The van der Waals surface area contributed by atoms with Gasteiger partial charge in [-0.2, -0.15) is 0 Å². The van der Waals surface area contributed by atoms with E-state index < -0.39 is 0 Å². The van der Waals surface area contributed by atoms with Gasteiger partial charge < -0.3 is 10.6 Å². The summed E-state index contributed by atoms with van der Waals surface area (Å²) in [5.74, 6) is 0.707. The SMILES string of the molecule is CC(N)c1ccccc1N1CCCC1C(C)C. The Kier molecular flexibility index (Phi) is 3.72. The van der Waals surface area contributed by atoms with Crippen LogP contribution in [0.3, 0.4) is 0 Å². The maximum absolute atomic E-state index is 6.08. The van der Waals surface area contributed by atoms with Crippen molar-refractivity contribution in [3.63, 3.8) is 0 Å². The molecular formula is C15H24N2. The van der Waals surface area contributed by atoms with E-state index >= 15 is 0 Å². The first-order valence-electron chi connectivity index (χ1n) is 6.72. The minimum Gasteiger partial charge on any atom is -0.368 e. The summed E-state index contributed by atoms with van der Waals surface area (Å²) in [6, 6.07) is 9.38. The molecule has 1 aromatic carbocycles. The van der Waals surface area contributed by atoms with Crippen LogP contribution in [0.15, 0.2) is 24.3 Å². The van der Waals surface area contributed by atoms with Crippen molar-refractivity contribution in [3.05, 3.63) is 29.8 Å². The number of benzene rings is 1. The van der Waals surface area contributed by atoms with Crippen molar-refractivity contribution in [1.82, 2.24) is 0 Å². The van der Waals surface area contributed by atoms with Crippen molar-refractivity contribution in [2.24, 2.45) is 11.7 Å². The Morgan fingerprint density at radius 1 is 1.24 bits per heavy atom. The molecule has 0 aromatic heterocycles. The van der Waals surface area contributed by atoms with Gasteiger partial charge in [0.1, 0.15) is 0 Å². The maximum Gasteiger partial charge on any atom is 0.0417 e. The van der Waals surface area contributed by atoms with Crippen LogP contribution < -0.4 is 10.6 Å². The Morgan fingerprint density at radius 2 is 1.94 bits per heavy atom. The van der Waals surface area contributed by atoms with E-state index in [4.69, 9.17) is 5.73 Å². The third-order valence-electron chi connectivity index (χ3n) is 3.81. The molecule has 0 saturated carbocycles. The largest absolute Gasteiger partial charge is 0.368 e. The summed E-state index contributed by atoms with van der Waals surface area (Å²) < 4.78 is 0. The van der Waals surface area contributed by atoms with Crippen LogP contribution in [0.4, 0.5) is 5.69 Å². The minimum atomic E-state index is 0.111. The van der Waals surface area contributed by atoms with Gasteiger partial charge in [0.05, 0.1) is 0 Å². The summed E-state index contributed by atoms with van der Waals surface area (Å²) in [5.41, 5.74) is 8.70. The highest BCUT2D eigenvalue weighted by Crippen LogP contribution is 2.33. The highest BCUT2D eigenvalue weighted by Gasteiger charge is 2.28. The molecule has 0 bridgehead atoms. The lowest BCUT2D eigenvalue weighted by Crippen LogP contribution is -2.34. The zero-order valence-electron chi connectivity index (χ0n) is 11.2. The van der Waals surface area contributed by atoms with Crippen molar-refractivity contribution in [1.29, 1.82) is 0 Å². The fourth-order valence-corrected chi connectivity index (χ4v) is 2.92. The average Bonchev–Trinajstić information content (AvgIpc) is 2.77. The third-order valence-corrected chi connectivity index (χ3v) is 3.81. The zero-order chi connectivity index (χ0) is 12.4. The van der Waals surface area contributed by atoms with Crippen LogP contribution >= 0.6 is 0 Å². The number of hydrogen-bond donors (Lipinski definition) is 1. The molecule has 0 amide bonds. The van der Waals surface area contributed by atoms with Crippen LogP contribution in [0.1, 0.15) is 45.2 Å². The number of nitrogens with two attached hydrogens (primary N) is 1. The standard InChI is InChI=1S/C15H24N2/c1-11(2)14-9-6-10-17(14)15-8-5-4-7-13(15)12(3)16/h4-5,7-8,11-12,14H,6,9-10,16H2,1-3H3. The number of nitrogens with zero attached hydrogens (tertiary/aromatic N) is 1. The molecule has 1 aromatic rings. The van der Waals surface area contributed by atoms with Crippen molar-refractivity contribution in [2.75, 3.05) is 11.4 Å². The predicted molar refractivity (Wildman–Crippen MR) is 74.3 cm³/mol. The summed E-state index contributed by atoms with van der Waals surface area (Å²) in [6.07, 6.45) is 2.61. The molecule has 17 heavy (non-hydrogen) atoms. The fourth-order valence-electron chi connectivity index (χ4n) is 2.92. The predicted octanol–water partition coefficient (Wildman–Crippen LogP) is 3.33. The molecule has 2 heteroatoms. The van der Waals surface area contributed by atoms with Crippen LogP contribution in [-0.4, -0.2) is 12.6 Å². The van der Waals surface area contributed by atoms with Gasteiger partial charge in [-0.15, -0.1) is 0 Å². The first-order chi connectivity index (χ1) is 8.11. The minimum absolute atomic E-state index is 0.111. The Hall–Kier alpha value is -1.02. The quantitative estimate of drug-likeness (QED) is 0.866. The lowest BCUT2D eigenvalue weighted by molar-refractivity contribution is 0.490. The summed E-state index contributed by atoms with van der Waals surface area (Å²) in [4.78, 5) is 2.56. The van der Waals surface area contributed by atoms with Crippen LogP contribution in [0.25, 0.3) is 0 Å². The number of hydrogen-bond acceptors (Lipinski definition) is 2. The molecule has 1 aliphatic rings. The second-order valence-electron chi connectivity index (χ2n) is 5.49. The molecule has 94 valence electrons. The Morgan fingerprint density at radius 3 is 2.59 bits per heavy atom. The van der Waals surface area contributed by atoms with E-state index in [0.717, 1.165) is 0 Å². The normalized spacial score (nSPS) is 22.2. The van der Waals surface area contributed by atoms with Gasteiger partial charge in [0.25, 0.3) is 0 Å². The molecule has 1 saturated heterocycles. The van der Waals surface area contributed by atoms with Crippen LogP contribution in [0, 0.1) is 5.92 Å². The molecule has 0 spiro atoms. The number of para-hydroxylation sites is 1. The van der Waals surface area contributed by atoms with Crippen molar-refractivity contribution in [3.8, 4) is 0 Å². The van der Waals surface area contributed by atoms with Gasteiger partial charge in [-0.1, -0.05) is 32.0 Å². The summed E-state index contributed by atoms with van der Waals surface area (Å²) in [5, 5.41) is 0. The summed E-state index contributed by atoms with van der Waals surface area (Å²) >= 11 is 0. The average molecular weight is 232 g/mol. The van der Waals surface area contributed by atoms with Crippen LogP contribution in [-0.2, 0) is 0 Å². The fraction of sp³-hybridized carbons (Fsp3) is 0.600. The zero-order valence-corrected chi connectivity index (χ0v) is 11.2. The Bertz CT molecular complexity index is 371. The van der Waals surface area contributed by atoms with Gasteiger partial charge in [0.15, 0.2) is 0 Å². The summed E-state index contributed by atoms with van der Waals surface area (Å²) in [6.45, 7) is 7.88. The van der Waals surface area contributed by atoms with Gasteiger partial charge in [0, 0.05) is 24.3 Å². The third kappa shape index (κ3) is 2.47. The monoisotopic (exact) mass is 232 g/mol. The lowest BCUT2D eigenvalue weighted by atomic mass is 9.99. The van der Waals surface area contributed by atoms with E-state index in [1.54, 1.807) is 0 Å². The second kappa shape index (κ2) is 5.09. The number of anilines is 1. The van der Waals surface area contributed by atoms with E-state index in [9.17, 15) is 0 Å². The molecule has 2 N–H and O–H groups in total. The van der Waals surface area contributed by atoms with Crippen LogP contribution in [0.5, 0.6) is 0 Å². The van der Waals surface area contributed by atoms with Crippen molar-refractivity contribution < 1.29 is 0 Å². The van der Waals surface area contributed by atoms with Gasteiger partial charge >= 0.3 is 0 Å². The van der Waals surface area contributed by atoms with Gasteiger partial charge in [-0.3, -0.25) is 0 Å². The maximum atomic E-state index is 6.08. The molecule has 1 heterocycles. The first kappa shape index (κ1) is 12.4.